The van der Waals surface area contributed by atoms with Crippen LogP contribution in [-0.2, 0) is 0 Å². The molecule has 0 spiro atoms. The minimum atomic E-state index is -0.143. The van der Waals surface area contributed by atoms with Gasteiger partial charge in [-0.2, -0.15) is 0 Å². The third-order valence-corrected chi connectivity index (χ3v) is 2.93. The van der Waals surface area contributed by atoms with Crippen LogP contribution in [0.25, 0.3) is 11.1 Å². The molecule has 0 saturated heterocycles. The predicted molar refractivity (Wildman–Crippen MR) is 91.6 cm³/mol. The molecule has 20 heavy (non-hydrogen) atoms. The number of hydrogen-bond donors (Lipinski definition) is 0. The van der Waals surface area contributed by atoms with E-state index in [1.807, 2.05) is 70.2 Å². The fraction of sp³-hybridized carbons (Fsp3) is 0.250. The fourth-order valence-electron chi connectivity index (χ4n) is 1.44. The van der Waals surface area contributed by atoms with Gasteiger partial charge >= 0.3 is 0 Å². The normalized spacial score (nSPS) is 8.70. The van der Waals surface area contributed by atoms with Crippen molar-refractivity contribution < 1.29 is 8.07 Å². The van der Waals surface area contributed by atoms with E-state index >= 15 is 0 Å². The molecule has 0 radical (unpaired) electrons. The van der Waals surface area contributed by atoms with E-state index in [4.69, 9.17) is 4.18 Å². The molecular formula is C16H20BrFOS. The van der Waals surface area contributed by atoms with Crippen molar-refractivity contribution in [3.05, 3.63) is 53.0 Å². The lowest BCUT2D eigenvalue weighted by Gasteiger charge is -2.07. The summed E-state index contributed by atoms with van der Waals surface area (Å²) in [6, 6.07) is 15.1. The first-order valence-electron chi connectivity index (χ1n) is 6.61. The zero-order chi connectivity index (χ0) is 15.4. The lowest BCUT2D eigenvalue weighted by atomic mass is 10.1. The first-order chi connectivity index (χ1) is 9.81. The molecule has 0 N–H and O–H groups in total. The quantitative estimate of drug-likeness (QED) is 0.542. The van der Waals surface area contributed by atoms with Crippen molar-refractivity contribution in [1.82, 2.24) is 0 Å². The van der Waals surface area contributed by atoms with E-state index in [-0.39, 0.29) is 12.4 Å². The summed E-state index contributed by atoms with van der Waals surface area (Å²) in [6.07, 6.45) is 0. The fourth-order valence-corrected chi connectivity index (χ4v) is 1.92. The molecule has 0 aromatic heterocycles. The Morgan fingerprint density at radius 1 is 0.900 bits per heavy atom. The highest BCUT2D eigenvalue weighted by atomic mass is 79.9. The van der Waals surface area contributed by atoms with Crippen LogP contribution in [-0.4, -0.2) is 0 Å². The van der Waals surface area contributed by atoms with Gasteiger partial charge < -0.3 is 4.18 Å². The molecule has 0 aliphatic carbocycles. The van der Waals surface area contributed by atoms with Crippen molar-refractivity contribution in [3.8, 4) is 16.9 Å². The molecule has 0 saturated carbocycles. The molecule has 0 amide bonds. The van der Waals surface area contributed by atoms with Crippen molar-refractivity contribution in [2.75, 3.05) is 0 Å². The van der Waals surface area contributed by atoms with E-state index in [1.54, 1.807) is 6.07 Å². The summed E-state index contributed by atoms with van der Waals surface area (Å²) in [5, 5.41) is 0. The summed E-state index contributed by atoms with van der Waals surface area (Å²) in [4.78, 5) is 0. The van der Waals surface area contributed by atoms with Crippen LogP contribution in [0.5, 0.6) is 5.75 Å². The molecule has 0 aliphatic heterocycles. The molecule has 2 aromatic carbocycles. The van der Waals surface area contributed by atoms with Crippen LogP contribution >= 0.6 is 28.4 Å². The van der Waals surface area contributed by atoms with Gasteiger partial charge in [0.05, 0.1) is 0 Å². The highest BCUT2D eigenvalue weighted by Gasteiger charge is 2.05. The maximum Gasteiger partial charge on any atom is 0.272 e. The molecular weight excluding hydrogens is 339 g/mol. The Hall–Kier alpha value is -1.00. The van der Waals surface area contributed by atoms with Gasteiger partial charge in [0.15, 0.2) is 0 Å². The lowest BCUT2D eigenvalue weighted by molar-refractivity contribution is 0.613. The Balaban J connectivity index is 0.000000829. The van der Waals surface area contributed by atoms with Crippen LogP contribution in [0, 0.1) is 0 Å². The number of benzene rings is 2. The van der Waals surface area contributed by atoms with E-state index < -0.39 is 0 Å². The molecule has 0 atom stereocenters. The molecule has 2 aromatic rings. The number of rotatable bonds is 3. The predicted octanol–water partition coefficient (Wildman–Crippen LogP) is 7.08. The molecule has 1 nitrogen and oxygen atoms in total. The third-order valence-electron chi connectivity index (χ3n) is 2.16. The van der Waals surface area contributed by atoms with Gasteiger partial charge in [-0.25, -0.2) is 0 Å². The van der Waals surface area contributed by atoms with Gasteiger partial charge in [-0.3, -0.25) is 0 Å². The summed E-state index contributed by atoms with van der Waals surface area (Å²) in [5.74, 6) is 0.525. The molecule has 2 rings (SSSR count). The minimum absolute atomic E-state index is 0.143. The van der Waals surface area contributed by atoms with Crippen molar-refractivity contribution in [1.29, 1.82) is 0 Å². The van der Waals surface area contributed by atoms with Crippen LogP contribution < -0.4 is 4.18 Å². The second kappa shape index (κ2) is 11.8. The molecule has 0 bridgehead atoms. The summed E-state index contributed by atoms with van der Waals surface area (Å²) in [5.41, 5.74) is 1.87. The van der Waals surface area contributed by atoms with Crippen molar-refractivity contribution in [3.63, 3.8) is 0 Å². The SMILES string of the molecule is CC.CC.FSOc1ccccc1-c1ccc(Br)cc1. The van der Waals surface area contributed by atoms with E-state index in [9.17, 15) is 3.89 Å². The Morgan fingerprint density at radius 3 is 2.00 bits per heavy atom. The largest absolute Gasteiger partial charge is 0.396 e. The first kappa shape index (κ1) is 19.0. The Kier molecular flexibility index (Phi) is 11.2. The van der Waals surface area contributed by atoms with Crippen molar-refractivity contribution in [2.45, 2.75) is 27.7 Å². The number of hydrogen-bond acceptors (Lipinski definition) is 2. The molecule has 0 unspecified atom stereocenters. The molecule has 110 valence electrons. The van der Waals surface area contributed by atoms with E-state index in [2.05, 4.69) is 15.9 Å². The lowest BCUT2D eigenvalue weighted by Crippen LogP contribution is -1.84. The van der Waals surface area contributed by atoms with Crippen LogP contribution in [0.1, 0.15) is 27.7 Å². The average molecular weight is 359 g/mol. The summed E-state index contributed by atoms with van der Waals surface area (Å²) >= 11 is 3.23. The van der Waals surface area contributed by atoms with Crippen molar-refractivity contribution >= 4 is 28.4 Å². The second-order valence-corrected chi connectivity index (χ2v) is 4.36. The van der Waals surface area contributed by atoms with Crippen LogP contribution in [0.3, 0.4) is 0 Å². The van der Waals surface area contributed by atoms with Crippen LogP contribution in [0.4, 0.5) is 3.89 Å². The molecule has 0 fully saturated rings. The van der Waals surface area contributed by atoms with Gasteiger partial charge in [0.2, 0.25) is 0 Å². The van der Waals surface area contributed by atoms with Gasteiger partial charge in [-0.1, -0.05) is 74.0 Å². The molecule has 4 heteroatoms. The van der Waals surface area contributed by atoms with E-state index in [1.165, 1.54) is 0 Å². The Labute approximate surface area is 134 Å². The van der Waals surface area contributed by atoms with Gasteiger partial charge in [0, 0.05) is 10.0 Å². The number of halogens is 2. The zero-order valence-electron chi connectivity index (χ0n) is 12.2. The van der Waals surface area contributed by atoms with Crippen molar-refractivity contribution in [2.24, 2.45) is 0 Å². The molecule has 0 aliphatic rings. The summed E-state index contributed by atoms with van der Waals surface area (Å²) < 4.78 is 18.0. The van der Waals surface area contributed by atoms with Gasteiger partial charge in [-0.05, 0) is 23.8 Å². The Morgan fingerprint density at radius 2 is 1.45 bits per heavy atom. The first-order valence-corrected chi connectivity index (χ1v) is 8.05. The van der Waals surface area contributed by atoms with Gasteiger partial charge in [0.25, 0.3) is 12.4 Å². The number of para-hydroxylation sites is 1. The van der Waals surface area contributed by atoms with Crippen LogP contribution in [0.15, 0.2) is 53.0 Å². The standard InChI is InChI=1S/C12H8BrFOS.2C2H6/c13-10-7-5-9(6-8-10)11-3-1-2-4-12(11)15-16-14;2*1-2/h1-8H;2*1-2H3. The minimum Gasteiger partial charge on any atom is -0.396 e. The van der Waals surface area contributed by atoms with Gasteiger partial charge in [0.1, 0.15) is 5.75 Å². The zero-order valence-corrected chi connectivity index (χ0v) is 14.6. The highest BCUT2D eigenvalue weighted by Crippen LogP contribution is 2.32. The van der Waals surface area contributed by atoms with E-state index in [0.29, 0.717) is 5.75 Å². The Bertz CT molecular complexity index is 474. The molecule has 0 heterocycles. The monoisotopic (exact) mass is 358 g/mol. The second-order valence-electron chi connectivity index (χ2n) is 3.15. The van der Waals surface area contributed by atoms with Gasteiger partial charge in [-0.15, -0.1) is 3.89 Å². The highest BCUT2D eigenvalue weighted by molar-refractivity contribution is 9.10. The summed E-state index contributed by atoms with van der Waals surface area (Å²) in [7, 11) is 0. The average Bonchev–Trinajstić information content (AvgIpc) is 2.53. The maximum absolute atomic E-state index is 12.1. The summed E-state index contributed by atoms with van der Waals surface area (Å²) in [6.45, 7) is 8.00. The van der Waals surface area contributed by atoms with Crippen LogP contribution in [0.2, 0.25) is 0 Å². The van der Waals surface area contributed by atoms with E-state index in [0.717, 1.165) is 15.6 Å². The smallest absolute Gasteiger partial charge is 0.272 e. The third kappa shape index (κ3) is 5.97. The maximum atomic E-state index is 12.1. The topological polar surface area (TPSA) is 9.23 Å².